The van der Waals surface area contributed by atoms with Crippen molar-refractivity contribution in [3.63, 3.8) is 0 Å². The second-order valence-corrected chi connectivity index (χ2v) is 7.09. The second-order valence-electron chi connectivity index (χ2n) is 4.77. The van der Waals surface area contributed by atoms with Crippen molar-refractivity contribution in [3.8, 4) is 0 Å². The number of benzene rings is 1. The van der Waals surface area contributed by atoms with E-state index in [9.17, 15) is 0 Å². The van der Waals surface area contributed by atoms with Crippen molar-refractivity contribution in [2.75, 3.05) is 23.3 Å². The molecular weight excluding hydrogens is 322 g/mol. The van der Waals surface area contributed by atoms with Crippen molar-refractivity contribution >= 4 is 50.0 Å². The highest BCUT2D eigenvalue weighted by molar-refractivity contribution is 9.10. The van der Waals surface area contributed by atoms with E-state index in [-0.39, 0.29) is 0 Å². The van der Waals surface area contributed by atoms with Crippen LogP contribution in [-0.2, 0) is 0 Å². The Bertz CT molecular complexity index is 597. The maximum absolute atomic E-state index is 6.02. The number of nitrogens with two attached hydrogens (primary N) is 1. The molecule has 19 heavy (non-hydrogen) atoms. The zero-order valence-corrected chi connectivity index (χ0v) is 12.9. The average molecular weight is 338 g/mol. The third kappa shape index (κ3) is 2.82. The number of halogens is 1. The molecule has 1 aromatic heterocycles. The van der Waals surface area contributed by atoms with Gasteiger partial charge in [-0.05, 0) is 52.7 Å². The van der Waals surface area contributed by atoms with Crippen molar-refractivity contribution in [2.45, 2.75) is 18.1 Å². The number of hydrogen-bond acceptors (Lipinski definition) is 4. The molecule has 2 heterocycles. The maximum atomic E-state index is 6.02. The van der Waals surface area contributed by atoms with Gasteiger partial charge in [0.2, 0.25) is 0 Å². The summed E-state index contributed by atoms with van der Waals surface area (Å²) < 4.78 is 0.954. The lowest BCUT2D eigenvalue weighted by molar-refractivity contribution is 0.806. The predicted octanol–water partition coefficient (Wildman–Crippen LogP) is 3.89. The molecule has 3 N–H and O–H groups in total. The lowest BCUT2D eigenvalue weighted by Crippen LogP contribution is -2.14. The largest absolute Gasteiger partial charge is 0.398 e. The Morgan fingerprint density at radius 1 is 1.47 bits per heavy atom. The minimum Gasteiger partial charge on any atom is -0.398 e. The van der Waals surface area contributed by atoms with Crippen molar-refractivity contribution in [1.82, 2.24) is 4.98 Å². The normalized spacial score (nSPS) is 18.9. The van der Waals surface area contributed by atoms with Crippen LogP contribution in [0.15, 0.2) is 28.9 Å². The molecule has 3 nitrogen and oxygen atoms in total. The van der Waals surface area contributed by atoms with Crippen LogP contribution >= 0.6 is 27.7 Å². The predicted molar refractivity (Wildman–Crippen MR) is 87.8 cm³/mol. The molecule has 1 saturated heterocycles. The summed E-state index contributed by atoms with van der Waals surface area (Å²) >= 11 is 5.50. The maximum Gasteiger partial charge on any atom is 0.0954 e. The van der Waals surface area contributed by atoms with Gasteiger partial charge in [0, 0.05) is 33.5 Å². The molecule has 0 bridgehead atoms. The van der Waals surface area contributed by atoms with Crippen LogP contribution in [0.1, 0.15) is 12.8 Å². The van der Waals surface area contributed by atoms with Crippen LogP contribution in [-0.4, -0.2) is 22.5 Å². The molecule has 1 aliphatic rings. The number of nitrogens with zero attached hydrogens (tertiary/aromatic N) is 1. The molecule has 100 valence electrons. The standard InChI is InChI=1S/C14H16BrN3S/c15-9-6-11-12(16)3-4-13(14(11)18-7-9)17-8-10-2-1-5-19-10/h3-4,6-7,10,17H,1-2,5,8,16H2. The van der Waals surface area contributed by atoms with E-state index in [2.05, 4.69) is 38.0 Å². The SMILES string of the molecule is Nc1ccc(NCC2CCCS2)c2ncc(Br)cc12. The summed E-state index contributed by atoms with van der Waals surface area (Å²) in [6.45, 7) is 1.00. The molecule has 1 fully saturated rings. The average Bonchev–Trinajstić information content (AvgIpc) is 2.92. The van der Waals surface area contributed by atoms with Crippen molar-refractivity contribution in [1.29, 1.82) is 0 Å². The highest BCUT2D eigenvalue weighted by Gasteiger charge is 2.15. The Labute approximate surface area is 125 Å². The number of nitrogens with one attached hydrogen (secondary N) is 1. The Hall–Kier alpha value is -0.940. The molecule has 0 amide bonds. The Morgan fingerprint density at radius 2 is 2.37 bits per heavy atom. The summed E-state index contributed by atoms with van der Waals surface area (Å²) in [6, 6.07) is 5.99. The van der Waals surface area contributed by atoms with Crippen LogP contribution in [0.4, 0.5) is 11.4 Å². The highest BCUT2D eigenvalue weighted by Crippen LogP contribution is 2.30. The van der Waals surface area contributed by atoms with Crippen molar-refractivity contribution < 1.29 is 0 Å². The number of hydrogen-bond donors (Lipinski definition) is 2. The van der Waals surface area contributed by atoms with Crippen LogP contribution in [0, 0.1) is 0 Å². The molecule has 3 rings (SSSR count). The fourth-order valence-corrected chi connectivity index (χ4v) is 3.92. The zero-order valence-electron chi connectivity index (χ0n) is 10.5. The van der Waals surface area contributed by atoms with Gasteiger partial charge in [-0.25, -0.2) is 0 Å². The zero-order chi connectivity index (χ0) is 13.2. The van der Waals surface area contributed by atoms with Gasteiger partial charge in [0.15, 0.2) is 0 Å². The Kier molecular flexibility index (Phi) is 3.84. The number of aromatic nitrogens is 1. The first kappa shape index (κ1) is 13.1. The van der Waals surface area contributed by atoms with Gasteiger partial charge < -0.3 is 11.1 Å². The summed E-state index contributed by atoms with van der Waals surface area (Å²) in [7, 11) is 0. The van der Waals surface area contributed by atoms with Crippen LogP contribution in [0.25, 0.3) is 10.9 Å². The Balaban J connectivity index is 1.88. The molecule has 0 radical (unpaired) electrons. The number of nitrogen functional groups attached to an aromatic ring is 1. The molecule has 1 unspecified atom stereocenters. The number of thioether (sulfide) groups is 1. The minimum atomic E-state index is 0.725. The Morgan fingerprint density at radius 3 is 3.16 bits per heavy atom. The highest BCUT2D eigenvalue weighted by atomic mass is 79.9. The van der Waals surface area contributed by atoms with Gasteiger partial charge in [-0.2, -0.15) is 11.8 Å². The van der Waals surface area contributed by atoms with Gasteiger partial charge in [-0.3, -0.25) is 4.98 Å². The van der Waals surface area contributed by atoms with Gasteiger partial charge in [0.1, 0.15) is 0 Å². The molecule has 5 heteroatoms. The summed E-state index contributed by atoms with van der Waals surface area (Å²) in [5.41, 5.74) is 8.81. The molecule has 0 saturated carbocycles. The van der Waals surface area contributed by atoms with Crippen molar-refractivity contribution in [3.05, 3.63) is 28.9 Å². The van der Waals surface area contributed by atoms with Gasteiger partial charge in [-0.1, -0.05) is 0 Å². The van der Waals surface area contributed by atoms with Crippen molar-refractivity contribution in [2.24, 2.45) is 0 Å². The van der Waals surface area contributed by atoms with E-state index in [0.29, 0.717) is 0 Å². The number of rotatable bonds is 3. The fraction of sp³-hybridized carbons (Fsp3) is 0.357. The van der Waals surface area contributed by atoms with E-state index in [1.807, 2.05) is 24.4 Å². The molecule has 0 spiro atoms. The molecule has 1 aromatic carbocycles. The first-order valence-electron chi connectivity index (χ1n) is 6.43. The number of pyridine rings is 1. The fourth-order valence-electron chi connectivity index (χ4n) is 2.39. The molecule has 2 aromatic rings. The topological polar surface area (TPSA) is 50.9 Å². The monoisotopic (exact) mass is 337 g/mol. The molecular formula is C14H16BrN3S. The summed E-state index contributed by atoms with van der Waals surface area (Å²) in [5.74, 6) is 1.29. The van der Waals surface area contributed by atoms with Gasteiger partial charge in [0.25, 0.3) is 0 Å². The number of fused-ring (bicyclic) bond motifs is 1. The van der Waals surface area contributed by atoms with Crippen LogP contribution < -0.4 is 11.1 Å². The van der Waals surface area contributed by atoms with Gasteiger partial charge in [-0.15, -0.1) is 0 Å². The van der Waals surface area contributed by atoms with E-state index >= 15 is 0 Å². The molecule has 0 aliphatic carbocycles. The third-order valence-corrected chi connectivity index (χ3v) is 5.23. The van der Waals surface area contributed by atoms with E-state index < -0.39 is 0 Å². The first-order chi connectivity index (χ1) is 9.24. The smallest absolute Gasteiger partial charge is 0.0954 e. The van der Waals surface area contributed by atoms with Crippen LogP contribution in [0.5, 0.6) is 0 Å². The summed E-state index contributed by atoms with van der Waals surface area (Å²) in [6.07, 6.45) is 4.46. The quantitative estimate of drug-likeness (QED) is 0.834. The van der Waals surface area contributed by atoms with Crippen LogP contribution in [0.2, 0.25) is 0 Å². The van der Waals surface area contributed by atoms with Gasteiger partial charge in [0.05, 0.1) is 11.2 Å². The summed E-state index contributed by atoms with van der Waals surface area (Å²) in [4.78, 5) is 4.49. The third-order valence-electron chi connectivity index (χ3n) is 3.39. The van der Waals surface area contributed by atoms with E-state index in [1.165, 1.54) is 18.6 Å². The summed E-state index contributed by atoms with van der Waals surface area (Å²) in [5, 5.41) is 5.25. The number of anilines is 2. The van der Waals surface area contributed by atoms with Crippen LogP contribution in [0.3, 0.4) is 0 Å². The van der Waals surface area contributed by atoms with E-state index in [4.69, 9.17) is 5.73 Å². The lowest BCUT2D eigenvalue weighted by Gasteiger charge is -2.14. The van der Waals surface area contributed by atoms with E-state index in [1.54, 1.807) is 0 Å². The first-order valence-corrected chi connectivity index (χ1v) is 8.27. The van der Waals surface area contributed by atoms with E-state index in [0.717, 1.165) is 38.5 Å². The second kappa shape index (κ2) is 5.59. The lowest BCUT2D eigenvalue weighted by atomic mass is 10.1. The minimum absolute atomic E-state index is 0.725. The molecule has 1 atom stereocenters. The molecule has 1 aliphatic heterocycles. The van der Waals surface area contributed by atoms with Gasteiger partial charge >= 0.3 is 0 Å².